The first-order chi connectivity index (χ1) is 8.79. The summed E-state index contributed by atoms with van der Waals surface area (Å²) in [5.41, 5.74) is 2.28. The van der Waals surface area contributed by atoms with E-state index >= 15 is 0 Å². The summed E-state index contributed by atoms with van der Waals surface area (Å²) in [6, 6.07) is 10.1. The van der Waals surface area contributed by atoms with Gasteiger partial charge in [-0.05, 0) is 18.2 Å². The van der Waals surface area contributed by atoms with Gasteiger partial charge in [-0.25, -0.2) is 4.98 Å². The molecule has 0 bridgehead atoms. The van der Waals surface area contributed by atoms with E-state index in [0.29, 0.717) is 0 Å². The smallest absolute Gasteiger partial charge is 0.127 e. The maximum Gasteiger partial charge on any atom is 0.127 e. The van der Waals surface area contributed by atoms with Crippen molar-refractivity contribution in [1.29, 1.82) is 0 Å². The van der Waals surface area contributed by atoms with Gasteiger partial charge in [0.05, 0.1) is 0 Å². The van der Waals surface area contributed by atoms with Gasteiger partial charge in [-0.3, -0.25) is 4.98 Å². The van der Waals surface area contributed by atoms with Gasteiger partial charge in [0.25, 0.3) is 0 Å². The second-order valence-electron chi connectivity index (χ2n) is 4.14. The lowest BCUT2D eigenvalue weighted by Crippen LogP contribution is -2.20. The zero-order chi connectivity index (χ0) is 12.8. The van der Waals surface area contributed by atoms with Gasteiger partial charge in [0.15, 0.2) is 0 Å². The molecule has 0 spiro atoms. The predicted molar refractivity (Wildman–Crippen MR) is 75.0 cm³/mol. The Morgan fingerprint density at radius 2 is 2.06 bits per heavy atom. The summed E-state index contributed by atoms with van der Waals surface area (Å²) < 4.78 is 0. The van der Waals surface area contributed by atoms with Crippen LogP contribution in [-0.4, -0.2) is 30.6 Å². The van der Waals surface area contributed by atoms with Crippen LogP contribution in [0.25, 0.3) is 0 Å². The van der Waals surface area contributed by atoms with Gasteiger partial charge < -0.3 is 10.2 Å². The Morgan fingerprint density at radius 3 is 2.78 bits per heavy atom. The van der Waals surface area contributed by atoms with Crippen molar-refractivity contribution < 1.29 is 0 Å². The number of nitrogens with one attached hydrogen (secondary N) is 1. The van der Waals surface area contributed by atoms with Gasteiger partial charge in [-0.15, -0.1) is 0 Å². The largest absolute Gasteiger partial charge is 0.374 e. The normalized spacial score (nSPS) is 10.1. The number of hydrogen-bond donors (Lipinski definition) is 1. The summed E-state index contributed by atoms with van der Waals surface area (Å²) in [5.74, 6) is 0.886. The minimum Gasteiger partial charge on any atom is -0.374 e. The third-order valence-corrected chi connectivity index (χ3v) is 2.87. The predicted octanol–water partition coefficient (Wildman–Crippen LogP) is 2.20. The van der Waals surface area contributed by atoms with E-state index < -0.39 is 0 Å². The van der Waals surface area contributed by atoms with Crippen molar-refractivity contribution in [2.45, 2.75) is 6.42 Å². The molecular weight excluding hydrogens is 224 g/mol. The van der Waals surface area contributed by atoms with Crippen LogP contribution in [0.1, 0.15) is 5.69 Å². The molecule has 2 aromatic rings. The molecule has 0 aliphatic heterocycles. The minimum absolute atomic E-state index is 0.886. The van der Waals surface area contributed by atoms with Crippen molar-refractivity contribution in [2.75, 3.05) is 30.9 Å². The van der Waals surface area contributed by atoms with Gasteiger partial charge in [-0.2, -0.15) is 0 Å². The summed E-state index contributed by atoms with van der Waals surface area (Å²) in [4.78, 5) is 10.7. The summed E-state index contributed by atoms with van der Waals surface area (Å²) in [5, 5.41) is 3.05. The van der Waals surface area contributed by atoms with Crippen molar-refractivity contribution in [2.24, 2.45) is 0 Å². The molecule has 0 aliphatic rings. The van der Waals surface area contributed by atoms with Gasteiger partial charge in [0, 0.05) is 56.9 Å². The van der Waals surface area contributed by atoms with Crippen LogP contribution in [0, 0.1) is 0 Å². The maximum atomic E-state index is 4.33. The number of likely N-dealkylation sites (N-methyl/N-ethyl adjacent to an activating group) is 1. The number of nitrogens with zero attached hydrogens (tertiary/aromatic N) is 3. The zero-order valence-electron chi connectivity index (χ0n) is 10.8. The van der Waals surface area contributed by atoms with Crippen molar-refractivity contribution in [3.63, 3.8) is 0 Å². The highest BCUT2D eigenvalue weighted by atomic mass is 15.1. The van der Waals surface area contributed by atoms with Gasteiger partial charge >= 0.3 is 0 Å². The Kier molecular flexibility index (Phi) is 4.12. The molecule has 1 N–H and O–H groups in total. The maximum absolute atomic E-state index is 4.33. The van der Waals surface area contributed by atoms with Crippen molar-refractivity contribution >= 4 is 11.5 Å². The van der Waals surface area contributed by atoms with E-state index in [1.807, 2.05) is 43.7 Å². The fourth-order valence-electron chi connectivity index (χ4n) is 1.75. The molecule has 0 aromatic carbocycles. The van der Waals surface area contributed by atoms with E-state index in [-0.39, 0.29) is 0 Å². The van der Waals surface area contributed by atoms with Crippen molar-refractivity contribution in [3.05, 3.63) is 48.4 Å². The Bertz CT molecular complexity index is 484. The molecule has 2 aromatic heterocycles. The number of rotatable bonds is 5. The van der Waals surface area contributed by atoms with Crippen LogP contribution in [0.3, 0.4) is 0 Å². The average Bonchev–Trinajstić information content (AvgIpc) is 2.46. The lowest BCUT2D eigenvalue weighted by atomic mass is 10.2. The highest BCUT2D eigenvalue weighted by Crippen LogP contribution is 2.15. The summed E-state index contributed by atoms with van der Waals surface area (Å²) in [7, 11) is 3.96. The van der Waals surface area contributed by atoms with E-state index in [2.05, 4.69) is 33.3 Å². The molecular formula is C14H18N4. The molecule has 0 saturated heterocycles. The lowest BCUT2D eigenvalue weighted by molar-refractivity contribution is 0.852. The second-order valence-corrected chi connectivity index (χ2v) is 4.14. The fourth-order valence-corrected chi connectivity index (χ4v) is 1.75. The van der Waals surface area contributed by atoms with Crippen LogP contribution in [0.2, 0.25) is 0 Å². The van der Waals surface area contributed by atoms with Crippen molar-refractivity contribution in [3.8, 4) is 0 Å². The molecule has 0 atom stereocenters. The van der Waals surface area contributed by atoms with Crippen LogP contribution in [0.4, 0.5) is 11.5 Å². The number of anilines is 2. The standard InChI is InChI=1S/C14H18N4/c1-15-14-11-13(6-9-17-14)18(2)10-7-12-5-3-4-8-16-12/h3-6,8-9,11H,7,10H2,1-2H3,(H,15,17). The van der Waals surface area contributed by atoms with E-state index in [4.69, 9.17) is 0 Å². The number of hydrogen-bond acceptors (Lipinski definition) is 4. The van der Waals surface area contributed by atoms with Crippen LogP contribution in [-0.2, 0) is 6.42 Å². The first kappa shape index (κ1) is 12.4. The Hall–Kier alpha value is -2.10. The Labute approximate surface area is 108 Å². The fraction of sp³-hybridized carbons (Fsp3) is 0.286. The van der Waals surface area contributed by atoms with Crippen LogP contribution < -0.4 is 10.2 Å². The Morgan fingerprint density at radius 1 is 1.17 bits per heavy atom. The van der Waals surface area contributed by atoms with Gasteiger partial charge in [-0.1, -0.05) is 6.07 Å². The number of pyridine rings is 2. The molecule has 4 nitrogen and oxygen atoms in total. The molecule has 0 radical (unpaired) electrons. The molecule has 0 fully saturated rings. The quantitative estimate of drug-likeness (QED) is 0.872. The van der Waals surface area contributed by atoms with Crippen LogP contribution in [0.15, 0.2) is 42.7 Å². The van der Waals surface area contributed by atoms with E-state index in [9.17, 15) is 0 Å². The summed E-state index contributed by atoms with van der Waals surface area (Å²) >= 11 is 0. The first-order valence-electron chi connectivity index (χ1n) is 6.04. The van der Waals surface area contributed by atoms with Crippen LogP contribution in [0.5, 0.6) is 0 Å². The van der Waals surface area contributed by atoms with E-state index in [1.165, 1.54) is 0 Å². The molecule has 94 valence electrons. The second kappa shape index (κ2) is 6.00. The third-order valence-electron chi connectivity index (χ3n) is 2.87. The Balaban J connectivity index is 1.97. The topological polar surface area (TPSA) is 41.0 Å². The molecule has 2 heterocycles. The van der Waals surface area contributed by atoms with E-state index in [0.717, 1.165) is 30.2 Å². The zero-order valence-corrected chi connectivity index (χ0v) is 10.8. The number of aromatic nitrogens is 2. The molecule has 0 saturated carbocycles. The summed E-state index contributed by atoms with van der Waals surface area (Å²) in [6.45, 7) is 0.935. The lowest BCUT2D eigenvalue weighted by Gasteiger charge is -2.19. The highest BCUT2D eigenvalue weighted by molar-refractivity contribution is 5.53. The van der Waals surface area contributed by atoms with Crippen molar-refractivity contribution in [1.82, 2.24) is 9.97 Å². The molecule has 0 amide bonds. The molecule has 0 unspecified atom stereocenters. The third kappa shape index (κ3) is 3.20. The SMILES string of the molecule is CNc1cc(N(C)CCc2ccccn2)ccn1. The minimum atomic E-state index is 0.886. The first-order valence-corrected chi connectivity index (χ1v) is 6.04. The highest BCUT2D eigenvalue weighted by Gasteiger charge is 2.03. The average molecular weight is 242 g/mol. The molecule has 2 rings (SSSR count). The monoisotopic (exact) mass is 242 g/mol. The van der Waals surface area contributed by atoms with Crippen LogP contribution >= 0.6 is 0 Å². The van der Waals surface area contributed by atoms with Gasteiger partial charge in [0.1, 0.15) is 5.82 Å². The molecule has 0 aliphatic carbocycles. The van der Waals surface area contributed by atoms with E-state index in [1.54, 1.807) is 0 Å². The molecule has 4 heteroatoms. The molecule has 18 heavy (non-hydrogen) atoms. The summed E-state index contributed by atoms with van der Waals surface area (Å²) in [6.07, 6.45) is 4.59. The van der Waals surface area contributed by atoms with Gasteiger partial charge in [0.2, 0.25) is 0 Å².